The molecular formula is C25H26N2O. The number of carbonyl (C=O) groups is 1. The van der Waals surface area contributed by atoms with Crippen LogP contribution in [0.25, 0.3) is 0 Å². The first-order valence-corrected chi connectivity index (χ1v) is 9.91. The summed E-state index contributed by atoms with van der Waals surface area (Å²) in [5, 5.41) is 3.23. The largest absolute Gasteiger partial charge is 0.348 e. The molecule has 3 heteroatoms. The van der Waals surface area contributed by atoms with E-state index in [9.17, 15) is 4.79 Å². The molecule has 1 N–H and O–H groups in total. The van der Waals surface area contributed by atoms with Gasteiger partial charge in [-0.15, -0.1) is 0 Å². The second-order valence-electron chi connectivity index (χ2n) is 7.52. The topological polar surface area (TPSA) is 32.3 Å². The Hall–Kier alpha value is -2.91. The molecule has 1 aliphatic rings. The van der Waals surface area contributed by atoms with Crippen molar-refractivity contribution >= 4 is 5.91 Å². The van der Waals surface area contributed by atoms with E-state index in [2.05, 4.69) is 70.9 Å². The predicted octanol–water partition coefficient (Wildman–Crippen LogP) is 4.49. The molecule has 0 aromatic heterocycles. The van der Waals surface area contributed by atoms with Crippen molar-refractivity contribution < 1.29 is 4.79 Å². The van der Waals surface area contributed by atoms with Gasteiger partial charge in [0.05, 0.1) is 12.1 Å². The third-order valence-electron chi connectivity index (χ3n) is 5.54. The highest BCUT2D eigenvalue weighted by atomic mass is 16.2. The van der Waals surface area contributed by atoms with Gasteiger partial charge in [-0.2, -0.15) is 0 Å². The number of amides is 1. The highest BCUT2D eigenvalue weighted by Crippen LogP contribution is 2.26. The van der Waals surface area contributed by atoms with E-state index < -0.39 is 0 Å². The van der Waals surface area contributed by atoms with Crippen LogP contribution in [0.2, 0.25) is 0 Å². The van der Waals surface area contributed by atoms with Gasteiger partial charge in [0.25, 0.3) is 0 Å². The van der Waals surface area contributed by atoms with E-state index >= 15 is 0 Å². The zero-order chi connectivity index (χ0) is 19.3. The third-order valence-corrected chi connectivity index (χ3v) is 5.54. The van der Waals surface area contributed by atoms with Crippen molar-refractivity contribution in [1.82, 2.24) is 10.2 Å². The van der Waals surface area contributed by atoms with E-state index in [1.807, 2.05) is 31.2 Å². The molecule has 0 fully saturated rings. The van der Waals surface area contributed by atoms with E-state index in [1.54, 1.807) is 0 Å². The van der Waals surface area contributed by atoms with Gasteiger partial charge in [0.2, 0.25) is 5.91 Å². The highest BCUT2D eigenvalue weighted by Gasteiger charge is 2.32. The van der Waals surface area contributed by atoms with Crippen LogP contribution >= 0.6 is 0 Å². The summed E-state index contributed by atoms with van der Waals surface area (Å²) in [4.78, 5) is 15.5. The maximum absolute atomic E-state index is 13.2. The Kier molecular flexibility index (Phi) is 5.54. The first kappa shape index (κ1) is 18.5. The first-order valence-electron chi connectivity index (χ1n) is 9.91. The molecule has 0 saturated heterocycles. The Morgan fingerprint density at radius 3 is 2.25 bits per heavy atom. The Morgan fingerprint density at radius 1 is 0.929 bits per heavy atom. The molecule has 0 bridgehead atoms. The number of hydrogen-bond donors (Lipinski definition) is 1. The van der Waals surface area contributed by atoms with Gasteiger partial charge in [-0.05, 0) is 35.6 Å². The van der Waals surface area contributed by atoms with Gasteiger partial charge in [-0.1, -0.05) is 84.9 Å². The maximum atomic E-state index is 13.2. The molecule has 4 rings (SSSR count). The summed E-state index contributed by atoms with van der Waals surface area (Å²) in [7, 11) is 0. The van der Waals surface area contributed by atoms with Crippen LogP contribution < -0.4 is 5.32 Å². The number of benzene rings is 3. The molecule has 2 atom stereocenters. The van der Waals surface area contributed by atoms with Crippen molar-refractivity contribution in [2.75, 3.05) is 0 Å². The molecule has 28 heavy (non-hydrogen) atoms. The summed E-state index contributed by atoms with van der Waals surface area (Å²) in [6, 6.07) is 28.8. The molecule has 0 saturated carbocycles. The van der Waals surface area contributed by atoms with Crippen LogP contribution in [0.3, 0.4) is 0 Å². The van der Waals surface area contributed by atoms with Crippen LogP contribution in [-0.2, 0) is 24.3 Å². The molecule has 0 unspecified atom stereocenters. The number of nitrogens with zero attached hydrogens (tertiary/aromatic N) is 1. The van der Waals surface area contributed by atoms with Crippen molar-refractivity contribution in [3.8, 4) is 0 Å². The molecule has 1 heterocycles. The summed E-state index contributed by atoms with van der Waals surface area (Å²) in [5.74, 6) is 0.0989. The van der Waals surface area contributed by atoms with Gasteiger partial charge in [-0.25, -0.2) is 0 Å². The van der Waals surface area contributed by atoms with E-state index in [-0.39, 0.29) is 18.0 Å². The fraction of sp³-hybridized carbons (Fsp3) is 0.240. The van der Waals surface area contributed by atoms with Gasteiger partial charge in [0.15, 0.2) is 0 Å². The van der Waals surface area contributed by atoms with Gasteiger partial charge in [-0.3, -0.25) is 9.69 Å². The lowest BCUT2D eigenvalue weighted by atomic mass is 9.92. The minimum absolute atomic E-state index is 0.00977. The average Bonchev–Trinajstić information content (AvgIpc) is 2.74. The Morgan fingerprint density at radius 2 is 1.54 bits per heavy atom. The second-order valence-corrected chi connectivity index (χ2v) is 7.52. The van der Waals surface area contributed by atoms with Gasteiger partial charge < -0.3 is 5.32 Å². The molecule has 3 nitrogen and oxygen atoms in total. The maximum Gasteiger partial charge on any atom is 0.238 e. The fourth-order valence-corrected chi connectivity index (χ4v) is 3.95. The Balaban J connectivity index is 1.55. The number of rotatable bonds is 5. The van der Waals surface area contributed by atoms with E-state index in [0.717, 1.165) is 25.1 Å². The molecule has 3 aromatic rings. The molecular weight excluding hydrogens is 344 g/mol. The number of fused-ring (bicyclic) bond motifs is 1. The molecule has 0 spiro atoms. The number of nitrogens with one attached hydrogen (secondary N) is 1. The van der Waals surface area contributed by atoms with Crippen molar-refractivity contribution in [2.45, 2.75) is 38.5 Å². The van der Waals surface area contributed by atoms with Crippen LogP contribution in [0, 0.1) is 0 Å². The van der Waals surface area contributed by atoms with Crippen LogP contribution in [0.4, 0.5) is 0 Å². The van der Waals surface area contributed by atoms with Crippen LogP contribution in [0.5, 0.6) is 0 Å². The molecule has 3 aromatic carbocycles. The minimum Gasteiger partial charge on any atom is -0.348 e. The Labute approximate surface area is 167 Å². The van der Waals surface area contributed by atoms with Crippen molar-refractivity contribution in [3.05, 3.63) is 107 Å². The SMILES string of the molecule is C[C@H](NC(=O)[C@@H]1Cc2ccccc2CN1Cc1ccccc1)c1ccccc1. The zero-order valence-electron chi connectivity index (χ0n) is 16.2. The molecule has 142 valence electrons. The van der Waals surface area contributed by atoms with Crippen molar-refractivity contribution in [2.24, 2.45) is 0 Å². The monoisotopic (exact) mass is 370 g/mol. The molecule has 0 aliphatic carbocycles. The molecule has 1 amide bonds. The van der Waals surface area contributed by atoms with Crippen LogP contribution in [0.15, 0.2) is 84.9 Å². The lowest BCUT2D eigenvalue weighted by Crippen LogP contribution is -2.50. The van der Waals surface area contributed by atoms with E-state index in [1.165, 1.54) is 16.7 Å². The Bertz CT molecular complexity index is 924. The van der Waals surface area contributed by atoms with Crippen molar-refractivity contribution in [1.29, 1.82) is 0 Å². The normalized spacial score (nSPS) is 17.5. The number of carbonyl (C=O) groups excluding carboxylic acids is 1. The number of hydrogen-bond acceptors (Lipinski definition) is 2. The van der Waals surface area contributed by atoms with Crippen LogP contribution in [0.1, 0.15) is 35.2 Å². The first-order chi connectivity index (χ1) is 13.7. The lowest BCUT2D eigenvalue weighted by molar-refractivity contribution is -0.128. The minimum atomic E-state index is -0.165. The quantitative estimate of drug-likeness (QED) is 0.718. The van der Waals surface area contributed by atoms with E-state index in [0.29, 0.717) is 0 Å². The second kappa shape index (κ2) is 8.41. The summed E-state index contributed by atoms with van der Waals surface area (Å²) in [6.07, 6.45) is 0.746. The van der Waals surface area contributed by atoms with Gasteiger partial charge in [0, 0.05) is 13.1 Å². The van der Waals surface area contributed by atoms with Gasteiger partial charge in [0.1, 0.15) is 0 Å². The van der Waals surface area contributed by atoms with Crippen LogP contribution in [-0.4, -0.2) is 16.8 Å². The molecule has 1 aliphatic heterocycles. The zero-order valence-corrected chi connectivity index (χ0v) is 16.2. The summed E-state index contributed by atoms with van der Waals surface area (Å²) in [5.41, 5.74) is 4.95. The lowest BCUT2D eigenvalue weighted by Gasteiger charge is -2.36. The standard InChI is InChI=1S/C25H26N2O/c1-19(21-12-6-3-7-13-21)26-25(28)24-16-22-14-8-9-15-23(22)18-27(24)17-20-10-4-2-5-11-20/h2-15,19,24H,16-18H2,1H3,(H,26,28)/t19-,24-/m0/s1. The summed E-state index contributed by atoms with van der Waals surface area (Å²) >= 11 is 0. The average molecular weight is 370 g/mol. The summed E-state index contributed by atoms with van der Waals surface area (Å²) in [6.45, 7) is 3.61. The molecule has 0 radical (unpaired) electrons. The third kappa shape index (κ3) is 4.15. The summed E-state index contributed by atoms with van der Waals surface area (Å²) < 4.78 is 0. The van der Waals surface area contributed by atoms with Gasteiger partial charge >= 0.3 is 0 Å². The highest BCUT2D eigenvalue weighted by molar-refractivity contribution is 5.83. The predicted molar refractivity (Wildman–Crippen MR) is 113 cm³/mol. The van der Waals surface area contributed by atoms with Crippen molar-refractivity contribution in [3.63, 3.8) is 0 Å². The fourth-order valence-electron chi connectivity index (χ4n) is 3.95. The van der Waals surface area contributed by atoms with E-state index in [4.69, 9.17) is 0 Å². The smallest absolute Gasteiger partial charge is 0.238 e.